The summed E-state index contributed by atoms with van der Waals surface area (Å²) in [4.78, 5) is 7.13. The Balaban J connectivity index is 1.42. The predicted molar refractivity (Wildman–Crippen MR) is 108 cm³/mol. The molecule has 1 saturated heterocycles. The normalized spacial score (nSPS) is 16.9. The maximum Gasteiger partial charge on any atom is 0.175 e. The molecule has 0 bridgehead atoms. The lowest BCUT2D eigenvalue weighted by molar-refractivity contribution is 0.223. The van der Waals surface area contributed by atoms with E-state index in [1.165, 1.54) is 19.1 Å². The van der Waals surface area contributed by atoms with Crippen LogP contribution in [0.1, 0.15) is 26.2 Å². The largest absolute Gasteiger partial charge is 0.494 e. The summed E-state index contributed by atoms with van der Waals surface area (Å²) in [6.07, 6.45) is 6.43. The van der Waals surface area contributed by atoms with Gasteiger partial charge in [0, 0.05) is 25.5 Å². The van der Waals surface area contributed by atoms with E-state index in [-0.39, 0.29) is 0 Å². The molecule has 27 heavy (non-hydrogen) atoms. The summed E-state index contributed by atoms with van der Waals surface area (Å²) in [5, 5.41) is 0. The SMILES string of the molecule is CC(CCOc1ccc(S(C)(=O)=O)cc1)C1CCN(c2ccccn2)CC1. The van der Waals surface area contributed by atoms with Gasteiger partial charge in [-0.3, -0.25) is 0 Å². The Morgan fingerprint density at radius 3 is 2.44 bits per heavy atom. The van der Waals surface area contributed by atoms with Crippen molar-refractivity contribution in [2.24, 2.45) is 11.8 Å². The molecule has 1 fully saturated rings. The molecular formula is C21H28N2O3S. The molecule has 1 aromatic heterocycles. The third kappa shape index (κ3) is 5.45. The zero-order valence-corrected chi connectivity index (χ0v) is 16.9. The standard InChI is InChI=1S/C21H28N2O3S/c1-17(12-16-26-19-6-8-20(9-7-19)27(2,24)25)18-10-14-23(15-11-18)21-5-3-4-13-22-21/h3-9,13,17-18H,10-12,14-16H2,1-2H3. The molecule has 2 aromatic rings. The first-order valence-electron chi connectivity index (χ1n) is 9.52. The van der Waals surface area contributed by atoms with Crippen LogP contribution in [0.25, 0.3) is 0 Å². The molecule has 1 unspecified atom stereocenters. The average Bonchev–Trinajstić information content (AvgIpc) is 2.68. The van der Waals surface area contributed by atoms with Crippen LogP contribution in [0.15, 0.2) is 53.6 Å². The van der Waals surface area contributed by atoms with E-state index < -0.39 is 9.84 Å². The van der Waals surface area contributed by atoms with Crippen LogP contribution < -0.4 is 9.64 Å². The Hall–Kier alpha value is -2.08. The zero-order valence-electron chi connectivity index (χ0n) is 16.0. The number of rotatable bonds is 7. The number of hydrogen-bond donors (Lipinski definition) is 0. The van der Waals surface area contributed by atoms with E-state index in [1.54, 1.807) is 24.3 Å². The third-order valence-corrected chi connectivity index (χ3v) is 6.54. The minimum absolute atomic E-state index is 0.322. The minimum atomic E-state index is -3.16. The van der Waals surface area contributed by atoms with Crippen molar-refractivity contribution in [3.05, 3.63) is 48.7 Å². The van der Waals surface area contributed by atoms with E-state index in [2.05, 4.69) is 22.9 Å². The number of anilines is 1. The molecule has 3 rings (SSSR count). The van der Waals surface area contributed by atoms with Crippen molar-refractivity contribution in [3.8, 4) is 5.75 Å². The van der Waals surface area contributed by atoms with Crippen molar-refractivity contribution in [1.29, 1.82) is 0 Å². The summed E-state index contributed by atoms with van der Waals surface area (Å²) in [7, 11) is -3.16. The lowest BCUT2D eigenvalue weighted by atomic mass is 9.84. The maximum atomic E-state index is 11.5. The van der Waals surface area contributed by atoms with Gasteiger partial charge in [0.25, 0.3) is 0 Å². The fourth-order valence-electron chi connectivity index (χ4n) is 3.62. The molecule has 146 valence electrons. The summed E-state index contributed by atoms with van der Waals surface area (Å²) in [6.45, 7) is 5.07. The van der Waals surface area contributed by atoms with E-state index in [9.17, 15) is 8.42 Å². The number of aromatic nitrogens is 1. The van der Waals surface area contributed by atoms with Crippen LogP contribution in [0, 0.1) is 11.8 Å². The summed E-state index contributed by atoms with van der Waals surface area (Å²) < 4.78 is 28.8. The molecule has 1 aliphatic rings. The van der Waals surface area contributed by atoms with Crippen molar-refractivity contribution in [1.82, 2.24) is 4.98 Å². The van der Waals surface area contributed by atoms with Gasteiger partial charge in [-0.05, 0) is 67.5 Å². The molecule has 0 saturated carbocycles. The lowest BCUT2D eigenvalue weighted by Gasteiger charge is -2.35. The molecule has 1 aliphatic heterocycles. The Kier molecular flexibility index (Phi) is 6.37. The number of pyridine rings is 1. The summed E-state index contributed by atoms with van der Waals surface area (Å²) in [5.41, 5.74) is 0. The van der Waals surface area contributed by atoms with Gasteiger partial charge in [-0.15, -0.1) is 0 Å². The molecule has 0 amide bonds. The van der Waals surface area contributed by atoms with Crippen molar-refractivity contribution in [2.45, 2.75) is 31.1 Å². The zero-order chi connectivity index (χ0) is 19.3. The van der Waals surface area contributed by atoms with Gasteiger partial charge in [-0.1, -0.05) is 13.0 Å². The molecule has 0 aliphatic carbocycles. The number of sulfone groups is 1. The van der Waals surface area contributed by atoms with E-state index in [0.717, 1.165) is 31.1 Å². The molecule has 5 nitrogen and oxygen atoms in total. The second kappa shape index (κ2) is 8.74. The van der Waals surface area contributed by atoms with Gasteiger partial charge in [0.15, 0.2) is 9.84 Å². The van der Waals surface area contributed by atoms with Crippen molar-refractivity contribution in [2.75, 3.05) is 30.9 Å². The van der Waals surface area contributed by atoms with Gasteiger partial charge < -0.3 is 9.64 Å². The van der Waals surface area contributed by atoms with Crippen LogP contribution in [0.4, 0.5) is 5.82 Å². The predicted octanol–water partition coefficient (Wildman–Crippen LogP) is 3.81. The van der Waals surface area contributed by atoms with Gasteiger partial charge in [0.2, 0.25) is 0 Å². The van der Waals surface area contributed by atoms with E-state index in [1.807, 2.05) is 18.3 Å². The van der Waals surface area contributed by atoms with Crippen LogP contribution in [0.2, 0.25) is 0 Å². The number of nitrogens with zero attached hydrogens (tertiary/aromatic N) is 2. The summed E-state index contributed by atoms with van der Waals surface area (Å²) >= 11 is 0. The third-order valence-electron chi connectivity index (χ3n) is 5.41. The van der Waals surface area contributed by atoms with Gasteiger partial charge in [-0.25, -0.2) is 13.4 Å². The Labute approximate surface area is 162 Å². The molecule has 6 heteroatoms. The second-order valence-electron chi connectivity index (χ2n) is 7.37. The number of piperidine rings is 1. The first kappa shape index (κ1) is 19.7. The fraction of sp³-hybridized carbons (Fsp3) is 0.476. The highest BCUT2D eigenvalue weighted by Crippen LogP contribution is 2.29. The van der Waals surface area contributed by atoms with E-state index in [4.69, 9.17) is 4.74 Å². The molecule has 0 N–H and O–H groups in total. The smallest absolute Gasteiger partial charge is 0.175 e. The van der Waals surface area contributed by atoms with Crippen LogP contribution in [-0.4, -0.2) is 39.4 Å². The Morgan fingerprint density at radius 1 is 1.15 bits per heavy atom. The van der Waals surface area contributed by atoms with Gasteiger partial charge in [0.05, 0.1) is 11.5 Å². The second-order valence-corrected chi connectivity index (χ2v) is 9.39. The monoisotopic (exact) mass is 388 g/mol. The van der Waals surface area contributed by atoms with Gasteiger partial charge in [0.1, 0.15) is 11.6 Å². The summed E-state index contributed by atoms with van der Waals surface area (Å²) in [6, 6.07) is 12.7. The fourth-order valence-corrected chi connectivity index (χ4v) is 4.25. The molecule has 1 atom stereocenters. The van der Waals surface area contributed by atoms with Crippen LogP contribution in [-0.2, 0) is 9.84 Å². The van der Waals surface area contributed by atoms with E-state index in [0.29, 0.717) is 23.3 Å². The Bertz CT molecular complexity index is 814. The summed E-state index contributed by atoms with van der Waals surface area (Å²) in [5.74, 6) is 3.11. The van der Waals surface area contributed by atoms with Gasteiger partial charge >= 0.3 is 0 Å². The molecular weight excluding hydrogens is 360 g/mol. The van der Waals surface area contributed by atoms with Crippen molar-refractivity contribution >= 4 is 15.7 Å². The molecule has 0 spiro atoms. The maximum absolute atomic E-state index is 11.5. The topological polar surface area (TPSA) is 59.5 Å². The van der Waals surface area contributed by atoms with Crippen molar-refractivity contribution < 1.29 is 13.2 Å². The number of hydrogen-bond acceptors (Lipinski definition) is 5. The number of ether oxygens (including phenoxy) is 1. The quantitative estimate of drug-likeness (QED) is 0.722. The van der Waals surface area contributed by atoms with Gasteiger partial charge in [-0.2, -0.15) is 0 Å². The Morgan fingerprint density at radius 2 is 1.85 bits per heavy atom. The van der Waals surface area contributed by atoms with Crippen LogP contribution in [0.5, 0.6) is 5.75 Å². The molecule has 0 radical (unpaired) electrons. The average molecular weight is 389 g/mol. The highest BCUT2D eigenvalue weighted by molar-refractivity contribution is 7.90. The first-order valence-corrected chi connectivity index (χ1v) is 11.4. The molecule has 2 heterocycles. The van der Waals surface area contributed by atoms with E-state index >= 15 is 0 Å². The van der Waals surface area contributed by atoms with Crippen LogP contribution in [0.3, 0.4) is 0 Å². The lowest BCUT2D eigenvalue weighted by Crippen LogP contribution is -2.36. The molecule has 1 aromatic carbocycles. The minimum Gasteiger partial charge on any atom is -0.494 e. The highest BCUT2D eigenvalue weighted by Gasteiger charge is 2.24. The highest BCUT2D eigenvalue weighted by atomic mass is 32.2. The number of benzene rings is 1. The van der Waals surface area contributed by atoms with Crippen LogP contribution >= 0.6 is 0 Å². The first-order chi connectivity index (χ1) is 12.9. The van der Waals surface area contributed by atoms with Crippen molar-refractivity contribution in [3.63, 3.8) is 0 Å².